The molecule has 4 heteroatoms. The van der Waals surface area contributed by atoms with Gasteiger partial charge in [-0.3, -0.25) is 4.79 Å². The van der Waals surface area contributed by atoms with Crippen molar-refractivity contribution in [3.8, 4) is 5.75 Å². The van der Waals surface area contributed by atoms with E-state index in [0.29, 0.717) is 19.6 Å². The van der Waals surface area contributed by atoms with Crippen molar-refractivity contribution in [2.75, 3.05) is 18.1 Å². The van der Waals surface area contributed by atoms with Gasteiger partial charge in [0.05, 0.1) is 0 Å². The molecule has 0 unspecified atom stereocenters. The number of anilines is 1. The Balaban J connectivity index is 1.74. The van der Waals surface area contributed by atoms with Crippen molar-refractivity contribution in [2.24, 2.45) is 0 Å². The minimum Gasteiger partial charge on any atom is -0.490 e. The predicted molar refractivity (Wildman–Crippen MR) is 113 cm³/mol. The number of hydrogen-bond acceptors (Lipinski definition) is 3. The summed E-state index contributed by atoms with van der Waals surface area (Å²) in [5.41, 5.74) is 2.62. The maximum absolute atomic E-state index is 12.4. The molecular weight excluding hydrogens is 348 g/mol. The van der Waals surface area contributed by atoms with E-state index in [1.807, 2.05) is 24.3 Å². The van der Waals surface area contributed by atoms with E-state index in [1.165, 1.54) is 11.3 Å². The molecule has 2 aromatic carbocycles. The van der Waals surface area contributed by atoms with E-state index in [-0.39, 0.29) is 11.3 Å². The molecule has 1 N–H and O–H groups in total. The number of benzene rings is 2. The molecular formula is C24H26N2O2. The van der Waals surface area contributed by atoms with Gasteiger partial charge in [-0.15, -0.1) is 0 Å². The fraction of sp³-hybridized carbons (Fsp3) is 0.292. The molecule has 144 valence electrons. The minimum absolute atomic E-state index is 0.0878. The third-order valence-corrected chi connectivity index (χ3v) is 5.88. The number of fused-ring (bicyclic) bond motifs is 3. The fourth-order valence-corrected chi connectivity index (χ4v) is 4.40. The van der Waals surface area contributed by atoms with Crippen molar-refractivity contribution in [1.82, 2.24) is 5.32 Å². The molecule has 4 nitrogen and oxygen atoms in total. The summed E-state index contributed by atoms with van der Waals surface area (Å²) in [6, 6.07) is 16.4. The first-order valence-corrected chi connectivity index (χ1v) is 9.69. The van der Waals surface area contributed by atoms with E-state index in [9.17, 15) is 4.79 Å². The van der Waals surface area contributed by atoms with Crippen LogP contribution in [0.3, 0.4) is 0 Å². The minimum atomic E-state index is -0.593. The molecule has 2 aromatic rings. The fourth-order valence-electron chi connectivity index (χ4n) is 4.40. The number of hydrogen-bond donors (Lipinski definition) is 1. The van der Waals surface area contributed by atoms with Crippen molar-refractivity contribution in [1.29, 1.82) is 0 Å². The zero-order valence-corrected chi connectivity index (χ0v) is 16.4. The molecule has 4 rings (SSSR count). The molecule has 1 fully saturated rings. The van der Waals surface area contributed by atoms with Crippen molar-refractivity contribution < 1.29 is 9.53 Å². The maximum atomic E-state index is 12.4. The quantitative estimate of drug-likeness (QED) is 0.795. The highest BCUT2D eigenvalue weighted by atomic mass is 16.5. The summed E-state index contributed by atoms with van der Waals surface area (Å²) >= 11 is 0. The van der Waals surface area contributed by atoms with Gasteiger partial charge in [0.2, 0.25) is 5.91 Å². The summed E-state index contributed by atoms with van der Waals surface area (Å²) in [6.45, 7) is 9.27. The van der Waals surface area contributed by atoms with Crippen LogP contribution in [0.15, 0.2) is 67.3 Å². The van der Waals surface area contributed by atoms with Gasteiger partial charge in [0.15, 0.2) is 0 Å². The predicted octanol–water partition coefficient (Wildman–Crippen LogP) is 4.28. The van der Waals surface area contributed by atoms with E-state index < -0.39 is 5.66 Å². The lowest BCUT2D eigenvalue weighted by atomic mass is 9.74. The zero-order valence-electron chi connectivity index (χ0n) is 16.4. The third-order valence-electron chi connectivity index (χ3n) is 5.88. The van der Waals surface area contributed by atoms with E-state index in [4.69, 9.17) is 4.74 Å². The van der Waals surface area contributed by atoms with Crippen LogP contribution >= 0.6 is 0 Å². The number of nitrogens with one attached hydrogen (secondary N) is 1. The highest BCUT2D eigenvalue weighted by Gasteiger charge is 2.57. The van der Waals surface area contributed by atoms with Gasteiger partial charge in [-0.2, -0.15) is 0 Å². The average Bonchev–Trinajstić information content (AvgIpc) is 2.89. The van der Waals surface area contributed by atoms with Crippen LogP contribution in [0.25, 0.3) is 6.08 Å². The lowest BCUT2D eigenvalue weighted by molar-refractivity contribution is -0.124. The van der Waals surface area contributed by atoms with E-state index in [0.717, 1.165) is 11.3 Å². The highest BCUT2D eigenvalue weighted by Crippen LogP contribution is 2.52. The van der Waals surface area contributed by atoms with Gasteiger partial charge in [0.1, 0.15) is 18.0 Å². The first-order valence-electron chi connectivity index (χ1n) is 9.69. The summed E-state index contributed by atoms with van der Waals surface area (Å²) in [6.07, 6.45) is 6.45. The molecule has 0 aliphatic carbocycles. The Hall–Kier alpha value is -3.01. The first-order chi connectivity index (χ1) is 13.5. The Morgan fingerprint density at radius 3 is 2.86 bits per heavy atom. The van der Waals surface area contributed by atoms with Crippen molar-refractivity contribution in [2.45, 2.75) is 31.3 Å². The van der Waals surface area contributed by atoms with Crippen LogP contribution in [0.1, 0.15) is 31.4 Å². The second kappa shape index (κ2) is 6.86. The summed E-state index contributed by atoms with van der Waals surface area (Å²) in [7, 11) is 0. The van der Waals surface area contributed by atoms with Gasteiger partial charge in [-0.05, 0) is 35.4 Å². The van der Waals surface area contributed by atoms with Gasteiger partial charge in [-0.25, -0.2) is 0 Å². The van der Waals surface area contributed by atoms with Crippen molar-refractivity contribution >= 4 is 17.7 Å². The largest absolute Gasteiger partial charge is 0.490 e. The molecule has 1 atom stereocenters. The monoisotopic (exact) mass is 374 g/mol. The Kier molecular flexibility index (Phi) is 4.50. The Morgan fingerprint density at radius 2 is 2.04 bits per heavy atom. The molecule has 28 heavy (non-hydrogen) atoms. The number of nitrogens with zero attached hydrogens (tertiary/aromatic N) is 1. The lowest BCUT2D eigenvalue weighted by Gasteiger charge is -2.49. The Labute approximate surface area is 166 Å². The number of carbonyl (C=O) groups is 1. The summed E-state index contributed by atoms with van der Waals surface area (Å²) < 4.78 is 5.65. The van der Waals surface area contributed by atoms with Crippen LogP contribution in [-0.4, -0.2) is 24.7 Å². The summed E-state index contributed by atoms with van der Waals surface area (Å²) in [5.74, 6) is 0.892. The molecule has 1 amide bonds. The molecule has 2 heterocycles. The highest BCUT2D eigenvalue weighted by molar-refractivity contribution is 5.84. The summed E-state index contributed by atoms with van der Waals surface area (Å²) in [4.78, 5) is 14.8. The number of rotatable bonds is 5. The maximum Gasteiger partial charge on any atom is 0.223 e. The lowest BCUT2D eigenvalue weighted by Crippen LogP contribution is -2.68. The van der Waals surface area contributed by atoms with E-state index >= 15 is 0 Å². The third kappa shape index (κ3) is 2.80. The van der Waals surface area contributed by atoms with Gasteiger partial charge >= 0.3 is 0 Å². The summed E-state index contributed by atoms with van der Waals surface area (Å²) in [5, 5.41) is 3.30. The Bertz CT molecular complexity index is 947. The van der Waals surface area contributed by atoms with Crippen LogP contribution in [0.2, 0.25) is 0 Å². The Morgan fingerprint density at radius 1 is 1.21 bits per heavy atom. The number of amides is 1. The number of carbonyl (C=O) groups excluding carboxylic acids is 1. The second-order valence-corrected chi connectivity index (χ2v) is 7.86. The zero-order chi connectivity index (χ0) is 19.8. The van der Waals surface area contributed by atoms with Crippen LogP contribution in [0.5, 0.6) is 5.75 Å². The molecule has 0 spiro atoms. The molecule has 2 aliphatic heterocycles. The van der Waals surface area contributed by atoms with Crippen LogP contribution in [0, 0.1) is 0 Å². The van der Waals surface area contributed by atoms with Crippen molar-refractivity contribution in [3.63, 3.8) is 0 Å². The van der Waals surface area contributed by atoms with Gasteiger partial charge in [-0.1, -0.05) is 62.9 Å². The van der Waals surface area contributed by atoms with Crippen molar-refractivity contribution in [3.05, 3.63) is 78.4 Å². The average molecular weight is 374 g/mol. The topological polar surface area (TPSA) is 41.6 Å². The molecule has 0 bridgehead atoms. The number of para-hydroxylation sites is 1. The van der Waals surface area contributed by atoms with Crippen LogP contribution in [0.4, 0.5) is 5.69 Å². The van der Waals surface area contributed by atoms with Crippen LogP contribution < -0.4 is 15.0 Å². The smallest absolute Gasteiger partial charge is 0.223 e. The molecule has 0 radical (unpaired) electrons. The normalized spacial score (nSPS) is 22.5. The molecule has 0 aromatic heterocycles. The molecule has 1 saturated heterocycles. The van der Waals surface area contributed by atoms with Gasteiger partial charge < -0.3 is 15.0 Å². The van der Waals surface area contributed by atoms with Crippen LogP contribution in [-0.2, 0) is 10.2 Å². The number of ether oxygens (including phenoxy) is 1. The molecule has 0 saturated carbocycles. The van der Waals surface area contributed by atoms with Gasteiger partial charge in [0.25, 0.3) is 0 Å². The van der Waals surface area contributed by atoms with E-state index in [2.05, 4.69) is 67.1 Å². The first kappa shape index (κ1) is 18.4. The second-order valence-electron chi connectivity index (χ2n) is 7.86. The van der Waals surface area contributed by atoms with Gasteiger partial charge in [0, 0.05) is 24.1 Å². The van der Waals surface area contributed by atoms with E-state index in [1.54, 1.807) is 6.08 Å². The standard InChI is InChI=1S/C24H26N2O2/c1-4-16-28-19-9-7-8-18(17-19)12-14-24-23(2,3)20-10-5-6-11-21(20)26(24)15-13-22(27)25-24/h4-12,14,17H,1,13,15-16H2,2-3H3,(H,25,27)/t24-/m0/s1. The SMILES string of the molecule is C=CCOc1cccc(C=C[C@]23NC(=O)CCN2c2ccccc2C3(C)C)c1. The molecule has 2 aliphatic rings.